The Morgan fingerprint density at radius 3 is 2.50 bits per heavy atom. The summed E-state index contributed by atoms with van der Waals surface area (Å²) < 4.78 is 11.9. The molecular weight excluding hydrogens is 496 g/mol. The first-order chi connectivity index (χ1) is 17.5. The Balaban J connectivity index is 1.37. The van der Waals surface area contributed by atoms with Crippen molar-refractivity contribution >= 4 is 40.3 Å². The number of nitrogens with zero attached hydrogens (tertiary/aromatic N) is 3. The molecule has 36 heavy (non-hydrogen) atoms. The molecule has 10 heteroatoms. The minimum atomic E-state index is -1.03. The third-order valence-electron chi connectivity index (χ3n) is 5.37. The lowest BCUT2D eigenvalue weighted by Gasteiger charge is -2.10. The van der Waals surface area contributed by atoms with Gasteiger partial charge in [-0.2, -0.15) is 0 Å². The summed E-state index contributed by atoms with van der Waals surface area (Å²) in [5.74, 6) is 1.02. The highest BCUT2D eigenvalue weighted by Gasteiger charge is 2.08. The SMILES string of the molecule is COc1ccc(CCCCCCCCOc2ccc(CSc3nnc(N)s3)nc2C=CC(=O)O)cc1. The van der Waals surface area contributed by atoms with Gasteiger partial charge in [0.25, 0.3) is 0 Å². The van der Waals surface area contributed by atoms with E-state index in [0.29, 0.717) is 28.9 Å². The van der Waals surface area contributed by atoms with Crippen molar-refractivity contribution in [3.8, 4) is 11.5 Å². The Morgan fingerprint density at radius 2 is 1.81 bits per heavy atom. The molecule has 0 spiro atoms. The smallest absolute Gasteiger partial charge is 0.328 e. The summed E-state index contributed by atoms with van der Waals surface area (Å²) in [5.41, 5.74) is 8.26. The number of pyridine rings is 1. The predicted molar refractivity (Wildman–Crippen MR) is 145 cm³/mol. The molecule has 0 amide bonds. The summed E-state index contributed by atoms with van der Waals surface area (Å²) in [5, 5.41) is 17.2. The quantitative estimate of drug-likeness (QED) is 0.133. The van der Waals surface area contributed by atoms with Crippen molar-refractivity contribution in [2.24, 2.45) is 0 Å². The molecule has 0 saturated carbocycles. The van der Waals surface area contributed by atoms with Crippen molar-refractivity contribution in [1.82, 2.24) is 15.2 Å². The molecule has 2 heterocycles. The van der Waals surface area contributed by atoms with E-state index < -0.39 is 5.97 Å². The van der Waals surface area contributed by atoms with Gasteiger partial charge in [0.1, 0.15) is 17.2 Å². The molecule has 0 saturated heterocycles. The van der Waals surface area contributed by atoms with E-state index >= 15 is 0 Å². The van der Waals surface area contributed by atoms with Crippen LogP contribution in [0.3, 0.4) is 0 Å². The summed E-state index contributed by atoms with van der Waals surface area (Å²) >= 11 is 2.80. The van der Waals surface area contributed by atoms with E-state index in [4.69, 9.17) is 20.3 Å². The molecule has 0 bridgehead atoms. The number of carboxylic acid groups (broad SMARTS) is 1. The largest absolute Gasteiger partial charge is 0.497 e. The van der Waals surface area contributed by atoms with Crippen LogP contribution in [0.1, 0.15) is 55.5 Å². The first kappa shape index (κ1) is 27.5. The van der Waals surface area contributed by atoms with Crippen LogP contribution in [0.4, 0.5) is 5.13 Å². The highest BCUT2D eigenvalue weighted by atomic mass is 32.2. The van der Waals surface area contributed by atoms with Crippen molar-refractivity contribution in [1.29, 1.82) is 0 Å². The molecule has 3 rings (SSSR count). The lowest BCUT2D eigenvalue weighted by Crippen LogP contribution is -2.02. The molecule has 3 N–H and O–H groups in total. The molecule has 8 nitrogen and oxygen atoms in total. The number of carboxylic acids is 1. The van der Waals surface area contributed by atoms with E-state index in [1.807, 2.05) is 24.3 Å². The van der Waals surface area contributed by atoms with E-state index in [1.165, 1.54) is 60.4 Å². The number of nitrogen functional groups attached to an aromatic ring is 1. The lowest BCUT2D eigenvalue weighted by molar-refractivity contribution is -0.131. The third-order valence-corrected chi connectivity index (χ3v) is 7.29. The Morgan fingerprint density at radius 1 is 1.06 bits per heavy atom. The molecule has 0 aliphatic carbocycles. The standard InChI is InChI=1S/C26H32N4O4S2/c1-33-21-12-9-19(10-13-21)8-6-4-2-3-5-7-17-34-23-15-11-20(28-22(23)14-16-24(31)32)18-35-26-30-29-25(27)36-26/h9-16H,2-8,17-18H2,1H3,(H2,27,29)(H,31,32). The molecule has 3 aromatic rings. The van der Waals surface area contributed by atoms with Gasteiger partial charge in [0.05, 0.1) is 19.4 Å². The average Bonchev–Trinajstić information content (AvgIpc) is 3.31. The number of thioether (sulfide) groups is 1. The first-order valence-electron chi connectivity index (χ1n) is 11.9. The van der Waals surface area contributed by atoms with E-state index in [2.05, 4.69) is 27.3 Å². The molecular formula is C26H32N4O4S2. The molecule has 0 radical (unpaired) electrons. The van der Waals surface area contributed by atoms with Gasteiger partial charge in [-0.05, 0) is 55.2 Å². The van der Waals surface area contributed by atoms with E-state index in [0.717, 1.165) is 41.1 Å². The summed E-state index contributed by atoms with van der Waals surface area (Å²) in [4.78, 5) is 15.6. The molecule has 2 aromatic heterocycles. The van der Waals surface area contributed by atoms with Gasteiger partial charge in [-0.1, -0.05) is 60.9 Å². The minimum Gasteiger partial charge on any atom is -0.497 e. The van der Waals surface area contributed by atoms with Crippen molar-refractivity contribution in [2.75, 3.05) is 19.5 Å². The number of aliphatic carboxylic acids is 1. The molecule has 0 unspecified atom stereocenters. The second kappa shape index (κ2) is 15.1. The topological polar surface area (TPSA) is 120 Å². The Labute approximate surface area is 220 Å². The van der Waals surface area contributed by atoms with Crippen molar-refractivity contribution in [3.05, 3.63) is 59.4 Å². The molecule has 0 aliphatic heterocycles. The zero-order valence-corrected chi connectivity index (χ0v) is 22.0. The van der Waals surface area contributed by atoms with Crippen LogP contribution in [0.15, 0.2) is 46.8 Å². The molecule has 0 aliphatic rings. The second-order valence-electron chi connectivity index (χ2n) is 8.12. The summed E-state index contributed by atoms with van der Waals surface area (Å²) in [7, 11) is 1.68. The van der Waals surface area contributed by atoms with Gasteiger partial charge < -0.3 is 20.3 Å². The van der Waals surface area contributed by atoms with Gasteiger partial charge in [0.15, 0.2) is 4.34 Å². The monoisotopic (exact) mass is 528 g/mol. The summed E-state index contributed by atoms with van der Waals surface area (Å²) in [6.07, 6.45) is 10.4. The second-order valence-corrected chi connectivity index (χ2v) is 10.4. The Hall–Kier alpha value is -3.11. The van der Waals surface area contributed by atoms with Crippen molar-refractivity contribution < 1.29 is 19.4 Å². The van der Waals surface area contributed by atoms with Gasteiger partial charge in [-0.25, -0.2) is 9.78 Å². The van der Waals surface area contributed by atoms with Crippen LogP contribution in [0.2, 0.25) is 0 Å². The van der Waals surface area contributed by atoms with Crippen LogP contribution < -0.4 is 15.2 Å². The van der Waals surface area contributed by atoms with Gasteiger partial charge in [-0.3, -0.25) is 0 Å². The summed E-state index contributed by atoms with van der Waals surface area (Å²) in [6.45, 7) is 0.569. The number of nitrogens with two attached hydrogens (primary N) is 1. The van der Waals surface area contributed by atoms with Gasteiger partial charge in [-0.15, -0.1) is 10.2 Å². The maximum atomic E-state index is 11.0. The number of benzene rings is 1. The van der Waals surface area contributed by atoms with Crippen LogP contribution >= 0.6 is 23.1 Å². The van der Waals surface area contributed by atoms with Crippen LogP contribution in [0.25, 0.3) is 6.08 Å². The van der Waals surface area contributed by atoms with Crippen molar-refractivity contribution in [2.45, 2.75) is 55.0 Å². The Kier molecular flexibility index (Phi) is 11.5. The maximum absolute atomic E-state index is 11.0. The number of hydrogen-bond donors (Lipinski definition) is 2. The van der Waals surface area contributed by atoms with E-state index in [1.54, 1.807) is 7.11 Å². The van der Waals surface area contributed by atoms with Crippen LogP contribution in [-0.2, 0) is 17.0 Å². The molecule has 0 fully saturated rings. The van der Waals surface area contributed by atoms with Crippen LogP contribution in [0.5, 0.6) is 11.5 Å². The zero-order valence-electron chi connectivity index (χ0n) is 20.4. The number of aromatic nitrogens is 3. The Bertz CT molecular complexity index is 1120. The fraction of sp³-hybridized carbons (Fsp3) is 0.385. The van der Waals surface area contributed by atoms with Gasteiger partial charge in [0, 0.05) is 11.8 Å². The third kappa shape index (κ3) is 9.87. The number of aryl methyl sites for hydroxylation is 1. The van der Waals surface area contributed by atoms with Crippen LogP contribution in [-0.4, -0.2) is 40.0 Å². The fourth-order valence-electron chi connectivity index (χ4n) is 3.50. The van der Waals surface area contributed by atoms with E-state index in [-0.39, 0.29) is 0 Å². The summed E-state index contributed by atoms with van der Waals surface area (Å²) in [6, 6.07) is 12.0. The first-order valence-corrected chi connectivity index (χ1v) is 13.7. The zero-order chi connectivity index (χ0) is 25.6. The number of unbranched alkanes of at least 4 members (excludes halogenated alkanes) is 5. The number of hydrogen-bond acceptors (Lipinski definition) is 9. The minimum absolute atomic E-state index is 0.424. The van der Waals surface area contributed by atoms with Gasteiger partial charge in [0.2, 0.25) is 5.13 Å². The highest BCUT2D eigenvalue weighted by Crippen LogP contribution is 2.28. The van der Waals surface area contributed by atoms with Crippen molar-refractivity contribution in [3.63, 3.8) is 0 Å². The highest BCUT2D eigenvalue weighted by molar-refractivity contribution is 8.00. The molecule has 0 atom stereocenters. The average molecular weight is 529 g/mol. The number of anilines is 1. The normalized spacial score (nSPS) is 11.1. The number of rotatable bonds is 16. The fourth-order valence-corrected chi connectivity index (χ4v) is 5.04. The number of methoxy groups -OCH3 is 1. The number of ether oxygens (including phenoxy) is 2. The van der Waals surface area contributed by atoms with Crippen LogP contribution in [0, 0.1) is 0 Å². The molecule has 192 valence electrons. The van der Waals surface area contributed by atoms with E-state index in [9.17, 15) is 4.79 Å². The lowest BCUT2D eigenvalue weighted by atomic mass is 10.0. The van der Waals surface area contributed by atoms with Gasteiger partial charge >= 0.3 is 5.97 Å². The predicted octanol–water partition coefficient (Wildman–Crippen LogP) is 5.88. The maximum Gasteiger partial charge on any atom is 0.328 e. The molecule has 1 aromatic carbocycles. The number of carbonyl (C=O) groups is 1.